The number of ether oxygens (including phenoxy) is 1. The molecular formula is C46H53ClF2N10O4. The van der Waals surface area contributed by atoms with Crippen molar-refractivity contribution < 1.29 is 23.1 Å². The Balaban J connectivity index is 0.853. The van der Waals surface area contributed by atoms with E-state index >= 15 is 8.78 Å². The molecule has 2 aromatic carbocycles. The Hall–Kier alpha value is -5.35. The van der Waals surface area contributed by atoms with Crippen molar-refractivity contribution in [3.63, 3.8) is 0 Å². The predicted octanol–water partition coefficient (Wildman–Crippen LogP) is 7.23. The Labute approximate surface area is 368 Å². The van der Waals surface area contributed by atoms with Gasteiger partial charge in [-0.05, 0) is 112 Å². The summed E-state index contributed by atoms with van der Waals surface area (Å²) in [6.45, 7) is 4.08. The van der Waals surface area contributed by atoms with Crippen molar-refractivity contribution in [3.8, 4) is 5.75 Å². The van der Waals surface area contributed by atoms with Gasteiger partial charge in [0.1, 0.15) is 5.02 Å². The predicted molar refractivity (Wildman–Crippen MR) is 238 cm³/mol. The molecule has 332 valence electrons. The Morgan fingerprint density at radius 2 is 1.83 bits per heavy atom. The number of carbonyl (C=O) groups excluding carboxylic acids is 2. The zero-order valence-corrected chi connectivity index (χ0v) is 36.8. The summed E-state index contributed by atoms with van der Waals surface area (Å²) >= 11 is 6.73. The van der Waals surface area contributed by atoms with Crippen molar-refractivity contribution >= 4 is 68.4 Å². The number of rotatable bonds is 8. The number of carbonyl (C=O) groups is 2. The number of aryl methyl sites for hydroxylation is 2. The third-order valence-electron chi connectivity index (χ3n) is 14.4. The molecule has 0 radical (unpaired) electrons. The summed E-state index contributed by atoms with van der Waals surface area (Å²) in [5.74, 6) is -3.01. The Bertz CT molecular complexity index is 2720. The van der Waals surface area contributed by atoms with Gasteiger partial charge >= 0.3 is 5.92 Å². The zero-order chi connectivity index (χ0) is 43.9. The molecule has 0 spiro atoms. The molecular weight excluding hydrogens is 830 g/mol. The van der Waals surface area contributed by atoms with Crippen LogP contribution in [0.25, 0.3) is 21.8 Å². The smallest absolute Gasteiger partial charge is 0.301 e. The van der Waals surface area contributed by atoms with Gasteiger partial charge in [-0.2, -0.15) is 10.1 Å². The quantitative estimate of drug-likeness (QED) is 0.136. The Morgan fingerprint density at radius 3 is 2.62 bits per heavy atom. The average Bonchev–Trinajstić information content (AvgIpc) is 4.06. The second kappa shape index (κ2) is 15.7. The monoisotopic (exact) mass is 882 g/mol. The van der Waals surface area contributed by atoms with Crippen molar-refractivity contribution in [2.24, 2.45) is 25.4 Å². The Kier molecular flexibility index (Phi) is 10.4. The van der Waals surface area contributed by atoms with E-state index in [4.69, 9.17) is 31.4 Å². The number of fused-ring (bicyclic) bond motifs is 4. The molecule has 14 nitrogen and oxygen atoms in total. The number of nitrogens with zero attached hydrogens (tertiary/aromatic N) is 7. The van der Waals surface area contributed by atoms with E-state index in [2.05, 4.69) is 57.9 Å². The molecule has 10 rings (SSSR count). The van der Waals surface area contributed by atoms with Crippen molar-refractivity contribution in [1.29, 1.82) is 0 Å². The number of nitrogens with one attached hydrogen (secondary N) is 3. The van der Waals surface area contributed by atoms with Gasteiger partial charge in [-0.3, -0.25) is 24.4 Å². The summed E-state index contributed by atoms with van der Waals surface area (Å²) in [5.41, 5.74) is 4.00. The van der Waals surface area contributed by atoms with Gasteiger partial charge < -0.3 is 29.7 Å². The third-order valence-corrected chi connectivity index (χ3v) is 14.6. The molecule has 17 heteroatoms. The van der Waals surface area contributed by atoms with Crippen LogP contribution in [0, 0.1) is 11.3 Å². The number of imide groups is 1. The minimum Gasteiger partial charge on any atom is -0.480 e. The maximum atomic E-state index is 15.2. The van der Waals surface area contributed by atoms with E-state index in [0.29, 0.717) is 71.0 Å². The van der Waals surface area contributed by atoms with E-state index in [9.17, 15) is 14.4 Å². The summed E-state index contributed by atoms with van der Waals surface area (Å²) in [6, 6.07) is 11.2. The largest absolute Gasteiger partial charge is 0.480 e. The van der Waals surface area contributed by atoms with Gasteiger partial charge in [-0.15, -0.1) is 0 Å². The van der Waals surface area contributed by atoms with Gasteiger partial charge in [0.05, 0.1) is 40.6 Å². The number of amides is 2. The van der Waals surface area contributed by atoms with Crippen molar-refractivity contribution in [2.45, 2.75) is 94.6 Å². The molecule has 4 fully saturated rings. The highest BCUT2D eigenvalue weighted by Gasteiger charge is 2.51. The first-order chi connectivity index (χ1) is 30.1. The molecule has 1 aliphatic carbocycles. The first-order valence-electron chi connectivity index (χ1n) is 22.1. The molecule has 4 unspecified atom stereocenters. The van der Waals surface area contributed by atoms with Crippen molar-refractivity contribution in [2.75, 3.05) is 48.8 Å². The Morgan fingerprint density at radius 1 is 1.00 bits per heavy atom. The molecule has 1 saturated carbocycles. The molecule has 2 amide bonds. The van der Waals surface area contributed by atoms with E-state index in [1.807, 2.05) is 23.9 Å². The molecule has 3 saturated heterocycles. The molecule has 0 bridgehead atoms. The number of aromatic nitrogens is 5. The van der Waals surface area contributed by atoms with Crippen LogP contribution in [0.1, 0.15) is 87.8 Å². The molecule has 7 heterocycles. The fourth-order valence-electron chi connectivity index (χ4n) is 10.7. The number of anilines is 4. The number of pyridine rings is 1. The molecule has 5 aromatic rings. The zero-order valence-electron chi connectivity index (χ0n) is 36.0. The standard InChI is InChI=1S/C46H53ClF2N10O4/c1-45(21-29-18-27(14-17-56(29)2)26-8-10-30-35(19-26)58(4)55-37(30)31-11-13-36(60)52-42(31)61)15-5-16-59(23-45)44-50-22-33(47)41(54-44)51-28-9-12-34-32(20-28)38-39(43(62)57(34)3)63-24-46(48,49)40(53-38)25-6-7-25/h8-10,12,19-20,22,25,27,29,31,40,53H,5-7,11,13-18,21,23-24H2,1-4H3,(H,50,51,54)(H,52,60,61)/t27?,29?,31?,40-,45?/m0/s1. The van der Waals surface area contributed by atoms with E-state index in [1.165, 1.54) is 10.1 Å². The van der Waals surface area contributed by atoms with Gasteiger partial charge in [-0.1, -0.05) is 30.7 Å². The normalized spacial score (nSPS) is 26.5. The minimum absolute atomic E-state index is 0.00516. The average molecular weight is 883 g/mol. The maximum absolute atomic E-state index is 15.2. The summed E-state index contributed by atoms with van der Waals surface area (Å²) < 4.78 is 39.3. The van der Waals surface area contributed by atoms with Crippen molar-refractivity contribution in [1.82, 2.24) is 34.5 Å². The van der Waals surface area contributed by atoms with Crippen LogP contribution < -0.4 is 31.1 Å². The molecule has 3 aromatic heterocycles. The van der Waals surface area contributed by atoms with Gasteiger partial charge in [0.15, 0.2) is 12.4 Å². The molecule has 5 aliphatic rings. The number of hydrogen-bond donors (Lipinski definition) is 3. The summed E-state index contributed by atoms with van der Waals surface area (Å²) in [6.07, 6.45) is 8.94. The number of likely N-dealkylation sites (tertiary alicyclic amines) is 1. The van der Waals surface area contributed by atoms with Gasteiger partial charge in [-0.25, -0.2) is 13.8 Å². The van der Waals surface area contributed by atoms with Gasteiger partial charge in [0.2, 0.25) is 23.5 Å². The minimum atomic E-state index is -3.14. The van der Waals surface area contributed by atoms with E-state index < -0.39 is 30.0 Å². The summed E-state index contributed by atoms with van der Waals surface area (Å²) in [4.78, 5) is 52.2. The maximum Gasteiger partial charge on any atom is 0.301 e. The highest BCUT2D eigenvalue weighted by atomic mass is 35.5. The van der Waals surface area contributed by atoms with Crippen LogP contribution in [-0.4, -0.2) is 92.3 Å². The van der Waals surface area contributed by atoms with Crippen LogP contribution in [-0.2, 0) is 23.7 Å². The third kappa shape index (κ3) is 7.76. The fourth-order valence-corrected chi connectivity index (χ4v) is 10.9. The van der Waals surface area contributed by atoms with Crippen LogP contribution in [0.4, 0.5) is 31.9 Å². The van der Waals surface area contributed by atoms with E-state index in [-0.39, 0.29) is 34.6 Å². The van der Waals surface area contributed by atoms with Gasteiger partial charge in [0.25, 0.3) is 5.56 Å². The number of hydrogen-bond acceptors (Lipinski definition) is 11. The second-order valence-corrected chi connectivity index (χ2v) is 19.4. The SMILES string of the molecule is CN1CCC(c2ccc3c(C4CCC(=O)NC4=O)nn(C)c3c2)CC1CC1(C)CCCN(c2ncc(Cl)c(Nc3ccc4c(c3)c3c(c(=O)n4C)OCC(F)(F)[C@H](C4CC4)N3)n2)C1. The highest BCUT2D eigenvalue weighted by Crippen LogP contribution is 2.46. The second-order valence-electron chi connectivity index (χ2n) is 19.0. The molecule has 5 atom stereocenters. The lowest BCUT2D eigenvalue weighted by molar-refractivity contribution is -0.134. The van der Waals surface area contributed by atoms with Gasteiger partial charge in [0, 0.05) is 56.1 Å². The summed E-state index contributed by atoms with van der Waals surface area (Å²) in [5, 5.41) is 15.5. The van der Waals surface area contributed by atoms with E-state index in [0.717, 1.165) is 68.3 Å². The molecule has 63 heavy (non-hydrogen) atoms. The highest BCUT2D eigenvalue weighted by molar-refractivity contribution is 6.33. The van der Waals surface area contributed by atoms with Crippen LogP contribution >= 0.6 is 11.6 Å². The fraction of sp³-hybridized carbons (Fsp3) is 0.522. The van der Waals surface area contributed by atoms with Crippen molar-refractivity contribution in [3.05, 3.63) is 69.2 Å². The lowest BCUT2D eigenvalue weighted by Crippen LogP contribution is -2.48. The lowest BCUT2D eigenvalue weighted by atomic mass is 9.73. The van der Waals surface area contributed by atoms with Crippen LogP contribution in [0.5, 0.6) is 5.75 Å². The number of alkyl halides is 2. The molecule has 4 aliphatic heterocycles. The first-order valence-corrected chi connectivity index (χ1v) is 22.5. The number of piperidine rings is 3. The lowest BCUT2D eigenvalue weighted by Gasteiger charge is -2.46. The van der Waals surface area contributed by atoms with Crippen LogP contribution in [0.15, 0.2) is 47.4 Å². The van der Waals surface area contributed by atoms with Crippen LogP contribution in [0.2, 0.25) is 5.02 Å². The topological polar surface area (TPSA) is 152 Å². The number of benzene rings is 2. The summed E-state index contributed by atoms with van der Waals surface area (Å²) in [7, 11) is 5.76. The molecule has 3 N–H and O–H groups in total. The van der Waals surface area contributed by atoms with E-state index in [1.54, 1.807) is 19.3 Å². The number of halogens is 3. The van der Waals surface area contributed by atoms with Crippen LogP contribution in [0.3, 0.4) is 0 Å². The first kappa shape index (κ1) is 41.6.